The zero-order chi connectivity index (χ0) is 15.0. The molecule has 0 saturated heterocycles. The third-order valence-corrected chi connectivity index (χ3v) is 2.82. The monoisotopic (exact) mass is 283 g/mol. The van der Waals surface area contributed by atoms with Gasteiger partial charge in [0.05, 0.1) is 21.3 Å². The summed E-state index contributed by atoms with van der Waals surface area (Å²) in [6.45, 7) is 0.334. The van der Waals surface area contributed by atoms with Gasteiger partial charge < -0.3 is 24.6 Å². The molecule has 0 radical (unpaired) electrons. The van der Waals surface area contributed by atoms with Gasteiger partial charge in [0, 0.05) is 31.2 Å². The first-order valence-electron chi connectivity index (χ1n) is 6.32. The van der Waals surface area contributed by atoms with Crippen LogP contribution in [-0.4, -0.2) is 38.9 Å². The van der Waals surface area contributed by atoms with Crippen LogP contribution in [0.2, 0.25) is 0 Å². The maximum atomic E-state index is 11.5. The smallest absolute Gasteiger partial charge is 0.220 e. The molecule has 0 fully saturated rings. The number of aliphatic hydroxyl groups excluding tert-OH is 1. The molecule has 20 heavy (non-hydrogen) atoms. The van der Waals surface area contributed by atoms with Crippen LogP contribution in [0.4, 0.5) is 0 Å². The summed E-state index contributed by atoms with van der Waals surface area (Å²) in [6, 6.07) is 3.48. The van der Waals surface area contributed by atoms with E-state index in [0.717, 1.165) is 5.56 Å². The lowest BCUT2D eigenvalue weighted by Crippen LogP contribution is -2.23. The molecule has 1 aromatic rings. The lowest BCUT2D eigenvalue weighted by atomic mass is 10.1. The van der Waals surface area contributed by atoms with Crippen molar-refractivity contribution in [3.05, 3.63) is 17.7 Å². The number of hydrogen-bond acceptors (Lipinski definition) is 5. The van der Waals surface area contributed by atoms with Crippen molar-refractivity contribution < 1.29 is 24.1 Å². The van der Waals surface area contributed by atoms with Crippen LogP contribution in [0.1, 0.15) is 18.4 Å². The number of carbonyl (C=O) groups excluding carboxylic acids is 1. The number of ether oxygens (including phenoxy) is 3. The van der Waals surface area contributed by atoms with Crippen LogP contribution >= 0.6 is 0 Å². The largest absolute Gasteiger partial charge is 0.496 e. The SMILES string of the molecule is COc1cc(OC)c(OC)cc1CNC(=O)CCCO. The van der Waals surface area contributed by atoms with Gasteiger partial charge in [-0.2, -0.15) is 0 Å². The van der Waals surface area contributed by atoms with Gasteiger partial charge in [0.1, 0.15) is 5.75 Å². The van der Waals surface area contributed by atoms with E-state index >= 15 is 0 Å². The Bertz CT molecular complexity index is 447. The average molecular weight is 283 g/mol. The Morgan fingerprint density at radius 3 is 2.25 bits per heavy atom. The van der Waals surface area contributed by atoms with Gasteiger partial charge in [-0.05, 0) is 12.5 Å². The molecule has 1 amide bonds. The molecular formula is C14H21NO5. The number of benzene rings is 1. The fourth-order valence-electron chi connectivity index (χ4n) is 1.75. The molecule has 1 rings (SSSR count). The van der Waals surface area contributed by atoms with E-state index in [9.17, 15) is 4.79 Å². The van der Waals surface area contributed by atoms with Crippen LogP contribution < -0.4 is 19.5 Å². The maximum absolute atomic E-state index is 11.5. The van der Waals surface area contributed by atoms with Gasteiger partial charge in [0.15, 0.2) is 11.5 Å². The minimum atomic E-state index is -0.115. The predicted octanol–water partition coefficient (Wildman–Crippen LogP) is 1.10. The highest BCUT2D eigenvalue weighted by Gasteiger charge is 2.12. The minimum absolute atomic E-state index is 0.00704. The molecule has 0 aromatic heterocycles. The molecule has 0 saturated carbocycles. The first-order chi connectivity index (χ1) is 9.65. The fraction of sp³-hybridized carbons (Fsp3) is 0.500. The van der Waals surface area contributed by atoms with Gasteiger partial charge in [-0.15, -0.1) is 0 Å². The number of aliphatic hydroxyl groups is 1. The van der Waals surface area contributed by atoms with Gasteiger partial charge >= 0.3 is 0 Å². The van der Waals surface area contributed by atoms with Crippen molar-refractivity contribution in [2.75, 3.05) is 27.9 Å². The molecule has 112 valence electrons. The Morgan fingerprint density at radius 2 is 1.70 bits per heavy atom. The Balaban J connectivity index is 2.80. The predicted molar refractivity (Wildman–Crippen MR) is 74.3 cm³/mol. The Hall–Kier alpha value is -1.95. The van der Waals surface area contributed by atoms with Gasteiger partial charge in [-0.1, -0.05) is 0 Å². The van der Waals surface area contributed by atoms with E-state index < -0.39 is 0 Å². The van der Waals surface area contributed by atoms with Crippen LogP contribution in [0.3, 0.4) is 0 Å². The molecule has 6 nitrogen and oxygen atoms in total. The number of amides is 1. The van der Waals surface area contributed by atoms with Crippen LogP contribution in [-0.2, 0) is 11.3 Å². The average Bonchev–Trinajstić information content (AvgIpc) is 2.49. The summed E-state index contributed by atoms with van der Waals surface area (Å²) in [5, 5.41) is 11.4. The topological polar surface area (TPSA) is 77.0 Å². The Morgan fingerprint density at radius 1 is 1.10 bits per heavy atom. The Labute approximate surface area is 118 Å². The number of hydrogen-bond donors (Lipinski definition) is 2. The molecule has 1 aromatic carbocycles. The highest BCUT2D eigenvalue weighted by Crippen LogP contribution is 2.34. The molecule has 0 aliphatic rings. The lowest BCUT2D eigenvalue weighted by molar-refractivity contribution is -0.121. The van der Waals surface area contributed by atoms with E-state index in [2.05, 4.69) is 5.32 Å². The molecule has 0 aliphatic carbocycles. The molecule has 0 aliphatic heterocycles. The number of carbonyl (C=O) groups is 1. The van der Waals surface area contributed by atoms with Crippen molar-refractivity contribution in [1.29, 1.82) is 0 Å². The summed E-state index contributed by atoms with van der Waals surface area (Å²) in [5.41, 5.74) is 0.794. The summed E-state index contributed by atoms with van der Waals surface area (Å²) in [4.78, 5) is 11.5. The zero-order valence-electron chi connectivity index (χ0n) is 12.1. The molecule has 0 bridgehead atoms. The van der Waals surface area contributed by atoms with Crippen molar-refractivity contribution in [3.63, 3.8) is 0 Å². The standard InChI is InChI=1S/C14H21NO5/c1-18-11-8-13(20-3)12(19-2)7-10(11)9-15-14(17)5-4-6-16/h7-8,16H,4-6,9H2,1-3H3,(H,15,17). The third kappa shape index (κ3) is 4.31. The second kappa shape index (κ2) is 8.27. The van der Waals surface area contributed by atoms with E-state index in [1.165, 1.54) is 0 Å². The van der Waals surface area contributed by atoms with E-state index in [1.54, 1.807) is 33.5 Å². The first kappa shape index (κ1) is 16.1. The summed E-state index contributed by atoms with van der Waals surface area (Å²) >= 11 is 0. The van der Waals surface area contributed by atoms with Crippen molar-refractivity contribution in [2.45, 2.75) is 19.4 Å². The second-order valence-corrected chi connectivity index (χ2v) is 4.12. The van der Waals surface area contributed by atoms with Gasteiger partial charge in [0.25, 0.3) is 0 Å². The third-order valence-electron chi connectivity index (χ3n) is 2.82. The van der Waals surface area contributed by atoms with Gasteiger partial charge in [-0.25, -0.2) is 0 Å². The van der Waals surface area contributed by atoms with E-state index in [4.69, 9.17) is 19.3 Å². The maximum Gasteiger partial charge on any atom is 0.220 e. The van der Waals surface area contributed by atoms with Gasteiger partial charge in [0.2, 0.25) is 5.91 Å². The molecule has 0 spiro atoms. The summed E-state index contributed by atoms with van der Waals surface area (Å²) in [6.07, 6.45) is 0.751. The fourth-order valence-corrected chi connectivity index (χ4v) is 1.75. The lowest BCUT2D eigenvalue weighted by Gasteiger charge is -2.14. The molecule has 0 heterocycles. The molecule has 2 N–H and O–H groups in total. The highest BCUT2D eigenvalue weighted by molar-refractivity contribution is 5.76. The summed E-state index contributed by atoms with van der Waals surface area (Å²) in [7, 11) is 4.65. The molecule has 6 heteroatoms. The second-order valence-electron chi connectivity index (χ2n) is 4.12. The van der Waals surface area contributed by atoms with E-state index in [-0.39, 0.29) is 12.5 Å². The van der Waals surface area contributed by atoms with Crippen LogP contribution in [0, 0.1) is 0 Å². The summed E-state index contributed by atoms with van der Waals surface area (Å²) < 4.78 is 15.7. The van der Waals surface area contributed by atoms with Crippen LogP contribution in [0.15, 0.2) is 12.1 Å². The number of methoxy groups -OCH3 is 3. The van der Waals surface area contributed by atoms with Crippen molar-refractivity contribution in [1.82, 2.24) is 5.32 Å². The highest BCUT2D eigenvalue weighted by atomic mass is 16.5. The minimum Gasteiger partial charge on any atom is -0.496 e. The zero-order valence-corrected chi connectivity index (χ0v) is 12.1. The number of rotatable bonds is 8. The molecule has 0 unspecified atom stereocenters. The van der Waals surface area contributed by atoms with Crippen LogP contribution in [0.5, 0.6) is 17.2 Å². The molecular weight excluding hydrogens is 262 g/mol. The Kier molecular flexibility index (Phi) is 6.66. The van der Waals surface area contributed by atoms with Gasteiger partial charge in [-0.3, -0.25) is 4.79 Å². The van der Waals surface area contributed by atoms with Crippen molar-refractivity contribution >= 4 is 5.91 Å². The molecule has 0 atom stereocenters. The first-order valence-corrected chi connectivity index (χ1v) is 6.32. The normalized spacial score (nSPS) is 10.0. The van der Waals surface area contributed by atoms with E-state index in [1.807, 2.05) is 0 Å². The van der Waals surface area contributed by atoms with Crippen LogP contribution in [0.25, 0.3) is 0 Å². The number of nitrogens with one attached hydrogen (secondary N) is 1. The van der Waals surface area contributed by atoms with Crippen molar-refractivity contribution in [2.24, 2.45) is 0 Å². The van der Waals surface area contributed by atoms with Crippen molar-refractivity contribution in [3.8, 4) is 17.2 Å². The van der Waals surface area contributed by atoms with E-state index in [0.29, 0.717) is 36.6 Å². The quantitative estimate of drug-likeness (QED) is 0.747. The summed E-state index contributed by atoms with van der Waals surface area (Å²) in [5.74, 6) is 1.65.